The lowest BCUT2D eigenvalue weighted by Gasteiger charge is -2.01. The van der Waals surface area contributed by atoms with Crippen LogP contribution in [0.25, 0.3) is 0 Å². The Kier molecular flexibility index (Phi) is 11.1. The van der Waals surface area contributed by atoms with Gasteiger partial charge in [0.2, 0.25) is 5.04 Å². The molecule has 0 fully saturated rings. The Morgan fingerprint density at radius 3 is 2.13 bits per heavy atom. The number of benzene rings is 1. The fourth-order valence-corrected chi connectivity index (χ4v) is 2.50. The minimum atomic E-state index is -6.00. The average molecular weight is 370 g/mol. The van der Waals surface area contributed by atoms with Gasteiger partial charge in [-0.25, -0.2) is 4.58 Å². The van der Waals surface area contributed by atoms with E-state index in [9.17, 15) is 17.3 Å². The highest BCUT2D eigenvalue weighted by molar-refractivity contribution is 8.16. The molecule has 0 heterocycles. The number of nitrogens with zero attached hydrogens (tertiary/aromatic N) is 1. The molecule has 0 aliphatic carbocycles. The molecule has 0 aromatic heterocycles. The highest BCUT2D eigenvalue weighted by atomic mass is 35.5. The second-order valence-electron chi connectivity index (χ2n) is 4.83. The number of hydrogen-bond acceptors (Lipinski definition) is 1. The van der Waals surface area contributed by atoms with Gasteiger partial charge in [-0.3, -0.25) is 0 Å². The third kappa shape index (κ3) is 13.2. The van der Waals surface area contributed by atoms with Gasteiger partial charge < -0.3 is 17.3 Å². The SMILES string of the molecule is CCCC/C=C\SC(c1ccc(Cl)cc1)=[N+](C)C.F[B-](F)(F)F. The second kappa shape index (κ2) is 11.6. The molecular formula is C15H21BClF4NS. The summed E-state index contributed by atoms with van der Waals surface area (Å²) in [5, 5.41) is 4.19. The van der Waals surface area contributed by atoms with Crippen LogP contribution in [0.5, 0.6) is 0 Å². The maximum atomic E-state index is 9.75. The molecule has 8 heteroatoms. The Balaban J connectivity index is 0.000000841. The lowest BCUT2D eigenvalue weighted by Crippen LogP contribution is -2.10. The Bertz CT molecular complexity index is 505. The summed E-state index contributed by atoms with van der Waals surface area (Å²) in [6.07, 6.45) is 5.91. The Hall–Kier alpha value is -0.945. The van der Waals surface area contributed by atoms with E-state index in [4.69, 9.17) is 11.6 Å². The largest absolute Gasteiger partial charge is 0.673 e. The van der Waals surface area contributed by atoms with Gasteiger partial charge in [0.1, 0.15) is 14.1 Å². The normalized spacial score (nSPS) is 11.1. The molecule has 0 aliphatic heterocycles. The Labute approximate surface area is 144 Å². The standard InChI is InChI=1S/C15H21ClNS.BF4/c1-4-5-6-7-12-18-15(17(2)3)13-8-10-14(16)11-9-13;2-1(3,4)5/h7-12H,4-6H2,1-3H3;/q+1;-1/b12-7-;. The zero-order valence-electron chi connectivity index (χ0n) is 13.4. The molecule has 1 aromatic carbocycles. The van der Waals surface area contributed by atoms with E-state index in [1.54, 1.807) is 11.8 Å². The van der Waals surface area contributed by atoms with Gasteiger partial charge in [0, 0.05) is 5.02 Å². The molecule has 0 bridgehead atoms. The summed E-state index contributed by atoms with van der Waals surface area (Å²) in [6, 6.07) is 7.98. The molecule has 1 nitrogen and oxygen atoms in total. The third-order valence-corrected chi connectivity index (χ3v) is 3.90. The van der Waals surface area contributed by atoms with Gasteiger partial charge in [-0.05, 0) is 47.9 Å². The summed E-state index contributed by atoms with van der Waals surface area (Å²) in [5.74, 6) is 0. The quantitative estimate of drug-likeness (QED) is 0.151. The Morgan fingerprint density at radius 1 is 1.17 bits per heavy atom. The van der Waals surface area contributed by atoms with Gasteiger partial charge in [0.15, 0.2) is 0 Å². The number of thioether (sulfide) groups is 1. The van der Waals surface area contributed by atoms with E-state index in [0.717, 1.165) is 11.4 Å². The van der Waals surface area contributed by atoms with Crippen LogP contribution in [-0.4, -0.2) is 31.0 Å². The van der Waals surface area contributed by atoms with E-state index in [0.29, 0.717) is 0 Å². The summed E-state index contributed by atoms with van der Waals surface area (Å²) in [4.78, 5) is 0. The molecule has 23 heavy (non-hydrogen) atoms. The summed E-state index contributed by atoms with van der Waals surface area (Å²) >= 11 is 7.67. The fourth-order valence-electron chi connectivity index (χ4n) is 1.53. The summed E-state index contributed by atoms with van der Waals surface area (Å²) in [7, 11) is -1.87. The van der Waals surface area contributed by atoms with E-state index >= 15 is 0 Å². The van der Waals surface area contributed by atoms with E-state index < -0.39 is 7.25 Å². The number of halogens is 5. The lowest BCUT2D eigenvalue weighted by atomic mass is 10.2. The van der Waals surface area contributed by atoms with Crippen LogP contribution >= 0.6 is 23.4 Å². The molecule has 0 N–H and O–H groups in total. The summed E-state index contributed by atoms with van der Waals surface area (Å²) in [5.41, 5.74) is 1.20. The molecule has 0 radical (unpaired) electrons. The molecule has 0 atom stereocenters. The van der Waals surface area contributed by atoms with E-state index in [1.807, 2.05) is 12.1 Å². The minimum absolute atomic E-state index is 0.778. The summed E-state index contributed by atoms with van der Waals surface area (Å²) < 4.78 is 41.1. The molecule has 0 aliphatic rings. The van der Waals surface area contributed by atoms with Crippen LogP contribution in [0.2, 0.25) is 5.02 Å². The van der Waals surface area contributed by atoms with Gasteiger partial charge in [-0.15, -0.1) is 0 Å². The Morgan fingerprint density at radius 2 is 1.70 bits per heavy atom. The first kappa shape index (κ1) is 22.1. The van der Waals surface area contributed by atoms with E-state index in [2.05, 4.69) is 49.2 Å². The third-order valence-electron chi connectivity index (χ3n) is 2.50. The first-order chi connectivity index (χ1) is 10.6. The van der Waals surface area contributed by atoms with Gasteiger partial charge in [0.05, 0.1) is 5.56 Å². The number of rotatable bonds is 5. The van der Waals surface area contributed by atoms with Gasteiger partial charge in [-0.1, -0.05) is 37.4 Å². The molecule has 0 spiro atoms. The first-order valence-electron chi connectivity index (χ1n) is 7.14. The molecule has 130 valence electrons. The average Bonchev–Trinajstić information content (AvgIpc) is 2.42. The van der Waals surface area contributed by atoms with Crippen molar-refractivity contribution in [3.63, 3.8) is 0 Å². The molecule has 0 saturated carbocycles. The van der Waals surface area contributed by atoms with Crippen molar-refractivity contribution in [2.24, 2.45) is 0 Å². The van der Waals surface area contributed by atoms with Crippen molar-refractivity contribution < 1.29 is 21.8 Å². The van der Waals surface area contributed by atoms with Crippen LogP contribution in [-0.2, 0) is 0 Å². The van der Waals surface area contributed by atoms with Crippen LogP contribution in [0.4, 0.5) is 17.3 Å². The van der Waals surface area contributed by atoms with Gasteiger partial charge in [0.25, 0.3) is 0 Å². The molecular weight excluding hydrogens is 348 g/mol. The lowest BCUT2D eigenvalue weighted by molar-refractivity contribution is -0.460. The van der Waals surface area contributed by atoms with Gasteiger partial charge in [-0.2, -0.15) is 0 Å². The van der Waals surface area contributed by atoms with Crippen molar-refractivity contribution in [2.45, 2.75) is 26.2 Å². The first-order valence-corrected chi connectivity index (χ1v) is 8.40. The van der Waals surface area contributed by atoms with Crippen molar-refractivity contribution >= 4 is 35.7 Å². The highest BCUT2D eigenvalue weighted by Crippen LogP contribution is 2.17. The molecule has 1 rings (SSSR count). The maximum Gasteiger partial charge on any atom is 0.673 e. The van der Waals surface area contributed by atoms with Crippen molar-refractivity contribution in [1.29, 1.82) is 0 Å². The molecule has 0 unspecified atom stereocenters. The van der Waals surface area contributed by atoms with E-state index in [1.165, 1.54) is 23.4 Å². The molecule has 0 amide bonds. The zero-order chi connectivity index (χ0) is 17.9. The smallest absolute Gasteiger partial charge is 0.418 e. The van der Waals surface area contributed by atoms with Crippen molar-refractivity contribution in [3.8, 4) is 0 Å². The van der Waals surface area contributed by atoms with Crippen LogP contribution in [0, 0.1) is 0 Å². The predicted molar refractivity (Wildman–Crippen MR) is 94.1 cm³/mol. The minimum Gasteiger partial charge on any atom is -0.418 e. The topological polar surface area (TPSA) is 3.01 Å². The zero-order valence-corrected chi connectivity index (χ0v) is 15.0. The number of hydrogen-bond donors (Lipinski definition) is 0. The second-order valence-corrected chi connectivity index (χ2v) is 6.16. The maximum absolute atomic E-state index is 9.75. The van der Waals surface area contributed by atoms with Crippen molar-refractivity contribution in [3.05, 3.63) is 46.3 Å². The number of unbranched alkanes of at least 4 members (excludes halogenated alkanes) is 2. The van der Waals surface area contributed by atoms with Crippen LogP contribution < -0.4 is 0 Å². The highest BCUT2D eigenvalue weighted by Gasteiger charge is 2.20. The summed E-state index contributed by atoms with van der Waals surface area (Å²) in [6.45, 7) is 2.21. The van der Waals surface area contributed by atoms with Crippen LogP contribution in [0.3, 0.4) is 0 Å². The molecule has 0 saturated heterocycles. The fraction of sp³-hybridized carbons (Fsp3) is 0.400. The van der Waals surface area contributed by atoms with Crippen LogP contribution in [0.15, 0.2) is 35.7 Å². The predicted octanol–water partition coefficient (Wildman–Crippen LogP) is 6.10. The number of allylic oxidation sites excluding steroid dienone is 1. The van der Waals surface area contributed by atoms with Gasteiger partial charge >= 0.3 is 7.25 Å². The van der Waals surface area contributed by atoms with Crippen molar-refractivity contribution in [1.82, 2.24) is 0 Å². The molecule has 1 aromatic rings. The van der Waals surface area contributed by atoms with E-state index in [-0.39, 0.29) is 0 Å². The van der Waals surface area contributed by atoms with Crippen LogP contribution in [0.1, 0.15) is 31.7 Å². The van der Waals surface area contributed by atoms with Crippen molar-refractivity contribution in [2.75, 3.05) is 14.1 Å². The monoisotopic (exact) mass is 369 g/mol.